The van der Waals surface area contributed by atoms with Gasteiger partial charge in [-0.05, 0) is 37.3 Å². The van der Waals surface area contributed by atoms with Crippen molar-refractivity contribution in [3.63, 3.8) is 0 Å². The van der Waals surface area contributed by atoms with E-state index >= 15 is 0 Å². The second-order valence-corrected chi connectivity index (χ2v) is 8.03. The Hall–Kier alpha value is -4.71. The standard InChI is InChI=1S/C28H20N2O4/c1-16-11-13-18(14-12-16)34-28(33)21-15-22(30-17-7-3-2-4-8-17)23-24(25(21)29)27(32)20-10-6-5-9-19(20)26(23)31/h2-15,30H,29H2,1H3. The van der Waals surface area contributed by atoms with Gasteiger partial charge < -0.3 is 15.8 Å². The Morgan fingerprint density at radius 1 is 0.794 bits per heavy atom. The molecule has 0 atom stereocenters. The maximum absolute atomic E-state index is 13.5. The second kappa shape index (κ2) is 8.33. The van der Waals surface area contributed by atoms with Crippen LogP contribution in [0.15, 0.2) is 84.9 Å². The molecule has 3 N–H and O–H groups in total. The van der Waals surface area contributed by atoms with E-state index in [0.29, 0.717) is 22.7 Å². The molecule has 0 radical (unpaired) electrons. The molecule has 6 heteroatoms. The summed E-state index contributed by atoms with van der Waals surface area (Å²) in [4.78, 5) is 40.0. The van der Waals surface area contributed by atoms with Gasteiger partial charge in [0.25, 0.3) is 0 Å². The Morgan fingerprint density at radius 3 is 2.03 bits per heavy atom. The first-order chi connectivity index (χ1) is 16.4. The number of carbonyl (C=O) groups is 3. The van der Waals surface area contributed by atoms with Crippen molar-refractivity contribution in [3.8, 4) is 5.75 Å². The molecule has 4 aromatic carbocycles. The van der Waals surface area contributed by atoms with Gasteiger partial charge in [0.05, 0.1) is 28.1 Å². The van der Waals surface area contributed by atoms with E-state index in [0.717, 1.165) is 5.56 Å². The number of nitrogen functional groups attached to an aromatic ring is 1. The minimum Gasteiger partial charge on any atom is -0.423 e. The Bertz CT molecular complexity index is 1460. The molecule has 0 amide bonds. The van der Waals surface area contributed by atoms with Gasteiger partial charge in [-0.1, -0.05) is 60.2 Å². The summed E-state index contributed by atoms with van der Waals surface area (Å²) >= 11 is 0. The highest BCUT2D eigenvalue weighted by molar-refractivity contribution is 6.32. The van der Waals surface area contributed by atoms with Crippen molar-refractivity contribution in [2.45, 2.75) is 6.92 Å². The molecular formula is C28H20N2O4. The highest BCUT2D eigenvalue weighted by atomic mass is 16.5. The lowest BCUT2D eigenvalue weighted by atomic mass is 9.81. The molecule has 0 saturated carbocycles. The van der Waals surface area contributed by atoms with Crippen molar-refractivity contribution in [2.24, 2.45) is 0 Å². The van der Waals surface area contributed by atoms with Crippen LogP contribution in [0.5, 0.6) is 5.75 Å². The van der Waals surface area contributed by atoms with Crippen LogP contribution in [0.2, 0.25) is 0 Å². The van der Waals surface area contributed by atoms with Gasteiger partial charge in [0, 0.05) is 16.8 Å². The van der Waals surface area contributed by atoms with E-state index in [1.165, 1.54) is 6.07 Å². The summed E-state index contributed by atoms with van der Waals surface area (Å²) in [6, 6.07) is 24.2. The first-order valence-electron chi connectivity index (χ1n) is 10.7. The highest BCUT2D eigenvalue weighted by Crippen LogP contribution is 2.39. The number of fused-ring (bicyclic) bond motifs is 2. The predicted molar refractivity (Wildman–Crippen MR) is 130 cm³/mol. The van der Waals surface area contributed by atoms with Crippen molar-refractivity contribution in [1.29, 1.82) is 0 Å². The molecule has 0 spiro atoms. The fourth-order valence-electron chi connectivity index (χ4n) is 4.03. The number of esters is 1. The summed E-state index contributed by atoms with van der Waals surface area (Å²) < 4.78 is 5.52. The van der Waals surface area contributed by atoms with Crippen LogP contribution in [0.25, 0.3) is 0 Å². The predicted octanol–water partition coefficient (Wildman–Crippen LogP) is 5.32. The lowest BCUT2D eigenvalue weighted by Crippen LogP contribution is -2.25. The number of rotatable bonds is 4. The summed E-state index contributed by atoms with van der Waals surface area (Å²) in [5.74, 6) is -1.13. The Morgan fingerprint density at radius 2 is 1.38 bits per heavy atom. The monoisotopic (exact) mass is 448 g/mol. The smallest absolute Gasteiger partial charge is 0.345 e. The SMILES string of the molecule is Cc1ccc(OC(=O)c2cc(Nc3ccccc3)c3c(c2N)C(=O)c2ccccc2C3=O)cc1. The van der Waals surface area contributed by atoms with E-state index in [1.807, 2.05) is 49.4 Å². The van der Waals surface area contributed by atoms with Crippen LogP contribution >= 0.6 is 0 Å². The van der Waals surface area contributed by atoms with Crippen molar-refractivity contribution < 1.29 is 19.1 Å². The lowest BCUT2D eigenvalue weighted by Gasteiger charge is -2.24. The van der Waals surface area contributed by atoms with Crippen LogP contribution in [-0.2, 0) is 0 Å². The third kappa shape index (κ3) is 3.61. The van der Waals surface area contributed by atoms with Gasteiger partial charge in [0.1, 0.15) is 5.75 Å². The molecule has 0 saturated heterocycles. The normalized spacial score (nSPS) is 12.0. The highest BCUT2D eigenvalue weighted by Gasteiger charge is 2.36. The van der Waals surface area contributed by atoms with Crippen LogP contribution in [0, 0.1) is 6.92 Å². The number of nitrogens with two attached hydrogens (primary N) is 1. The second-order valence-electron chi connectivity index (χ2n) is 8.03. The number of hydrogen-bond donors (Lipinski definition) is 2. The van der Waals surface area contributed by atoms with Crippen LogP contribution in [-0.4, -0.2) is 17.5 Å². The topological polar surface area (TPSA) is 98.5 Å². The van der Waals surface area contributed by atoms with Gasteiger partial charge in [-0.25, -0.2) is 4.79 Å². The molecule has 5 rings (SSSR count). The van der Waals surface area contributed by atoms with E-state index in [4.69, 9.17) is 10.5 Å². The van der Waals surface area contributed by atoms with Crippen LogP contribution in [0.1, 0.15) is 47.8 Å². The van der Waals surface area contributed by atoms with Crippen LogP contribution < -0.4 is 15.8 Å². The molecule has 0 aliphatic heterocycles. The summed E-state index contributed by atoms with van der Waals surface area (Å²) in [6.07, 6.45) is 0. The zero-order chi connectivity index (χ0) is 23.8. The van der Waals surface area contributed by atoms with Crippen molar-refractivity contribution >= 4 is 34.6 Å². The molecule has 166 valence electrons. The lowest BCUT2D eigenvalue weighted by molar-refractivity contribution is 0.0735. The van der Waals surface area contributed by atoms with Crippen LogP contribution in [0.4, 0.5) is 17.1 Å². The Kier molecular flexibility index (Phi) is 5.18. The number of ketones is 2. The van der Waals surface area contributed by atoms with Crippen LogP contribution in [0.3, 0.4) is 0 Å². The van der Waals surface area contributed by atoms with Gasteiger partial charge in [-0.2, -0.15) is 0 Å². The number of para-hydroxylation sites is 1. The molecular weight excluding hydrogens is 428 g/mol. The van der Waals surface area contributed by atoms with Gasteiger partial charge in [-0.3, -0.25) is 9.59 Å². The van der Waals surface area contributed by atoms with E-state index in [2.05, 4.69) is 5.32 Å². The van der Waals surface area contributed by atoms with Gasteiger partial charge in [0.15, 0.2) is 11.6 Å². The quantitative estimate of drug-likeness (QED) is 0.219. The number of ether oxygens (including phenoxy) is 1. The number of carbonyl (C=O) groups excluding carboxylic acids is 3. The number of benzene rings is 4. The number of anilines is 3. The number of aryl methyl sites for hydroxylation is 1. The van der Waals surface area contributed by atoms with Crippen molar-refractivity contribution in [2.75, 3.05) is 11.1 Å². The van der Waals surface area contributed by atoms with Gasteiger partial charge in [0.2, 0.25) is 0 Å². The molecule has 4 aromatic rings. The molecule has 0 aromatic heterocycles. The average Bonchev–Trinajstić information content (AvgIpc) is 2.85. The summed E-state index contributed by atoms with van der Waals surface area (Å²) in [6.45, 7) is 1.93. The van der Waals surface area contributed by atoms with E-state index in [-0.39, 0.29) is 33.7 Å². The zero-order valence-electron chi connectivity index (χ0n) is 18.3. The maximum atomic E-state index is 13.5. The first kappa shape index (κ1) is 21.2. The fraction of sp³-hybridized carbons (Fsp3) is 0.0357. The minimum atomic E-state index is -0.723. The van der Waals surface area contributed by atoms with Gasteiger partial charge in [-0.15, -0.1) is 0 Å². The molecule has 0 bridgehead atoms. The molecule has 34 heavy (non-hydrogen) atoms. The maximum Gasteiger partial charge on any atom is 0.345 e. The average molecular weight is 448 g/mol. The van der Waals surface area contributed by atoms with Crippen molar-refractivity contribution in [3.05, 3.63) is 118 Å². The van der Waals surface area contributed by atoms with Crippen molar-refractivity contribution in [1.82, 2.24) is 0 Å². The van der Waals surface area contributed by atoms with E-state index < -0.39 is 11.8 Å². The summed E-state index contributed by atoms with van der Waals surface area (Å²) in [5, 5.41) is 3.17. The first-order valence-corrected chi connectivity index (χ1v) is 10.7. The third-order valence-electron chi connectivity index (χ3n) is 5.74. The molecule has 0 heterocycles. The van der Waals surface area contributed by atoms with E-state index in [9.17, 15) is 14.4 Å². The minimum absolute atomic E-state index is 0.000451. The third-order valence-corrected chi connectivity index (χ3v) is 5.74. The molecule has 1 aliphatic rings. The summed E-state index contributed by atoms with van der Waals surface area (Å²) in [5.41, 5.74) is 8.96. The molecule has 6 nitrogen and oxygen atoms in total. The molecule has 0 fully saturated rings. The molecule has 0 unspecified atom stereocenters. The Labute approximate surface area is 196 Å². The fourth-order valence-corrected chi connectivity index (χ4v) is 4.03. The van der Waals surface area contributed by atoms with E-state index in [1.54, 1.807) is 36.4 Å². The largest absolute Gasteiger partial charge is 0.423 e. The van der Waals surface area contributed by atoms with Gasteiger partial charge >= 0.3 is 5.97 Å². The molecule has 1 aliphatic carbocycles. The summed E-state index contributed by atoms with van der Waals surface area (Å²) in [7, 11) is 0. The zero-order valence-corrected chi connectivity index (χ0v) is 18.3. The Balaban J connectivity index is 1.67. The number of hydrogen-bond acceptors (Lipinski definition) is 6. The number of nitrogens with one attached hydrogen (secondary N) is 1.